The molecule has 5 nitrogen and oxygen atoms in total. The number of nitrogens with one attached hydrogen (secondary N) is 1. The third kappa shape index (κ3) is 5.15. The molecule has 0 radical (unpaired) electrons. The molecule has 1 fully saturated rings. The number of phenols is 1. The van der Waals surface area contributed by atoms with E-state index in [9.17, 15) is 10.4 Å². The monoisotopic (exact) mass is 375 g/mol. The third-order valence-corrected chi connectivity index (χ3v) is 4.14. The predicted molar refractivity (Wildman–Crippen MR) is 101 cm³/mol. The first-order valence-electron chi connectivity index (χ1n) is 7.83. The van der Waals surface area contributed by atoms with Gasteiger partial charge >= 0.3 is 0 Å². The second kappa shape index (κ2) is 10.6. The Morgan fingerprint density at radius 1 is 1.29 bits per heavy atom. The summed E-state index contributed by atoms with van der Waals surface area (Å²) in [6.07, 6.45) is 0.898. The van der Waals surface area contributed by atoms with E-state index in [-0.39, 0.29) is 36.6 Å². The van der Waals surface area contributed by atoms with Crippen LogP contribution in [0.2, 0.25) is 0 Å². The van der Waals surface area contributed by atoms with Crippen LogP contribution >= 0.6 is 24.8 Å². The molecule has 1 aromatic rings. The molecule has 24 heavy (non-hydrogen) atoms. The summed E-state index contributed by atoms with van der Waals surface area (Å²) in [5.41, 5.74) is 1.24. The summed E-state index contributed by atoms with van der Waals surface area (Å²) in [5.74, 6) is 1.00. The van der Waals surface area contributed by atoms with Crippen LogP contribution < -0.4 is 10.1 Å². The Morgan fingerprint density at radius 2 is 1.92 bits per heavy atom. The van der Waals surface area contributed by atoms with Gasteiger partial charge in [0, 0.05) is 37.8 Å². The van der Waals surface area contributed by atoms with E-state index in [0.29, 0.717) is 22.8 Å². The molecule has 1 heterocycles. The standard InChI is InChI=1S/C17H25N3O2.2ClH/c1-12(2)10-14(20-8-6-19-7-9-20)16-13(11-18)4-5-15(22-3)17(16)21;;/h4-5,12,14,19,21H,6-10H2,1-3H3;2*1H/t14-;;/m0../s1. The molecule has 2 N–H and O–H groups in total. The van der Waals surface area contributed by atoms with Gasteiger partial charge in [0.2, 0.25) is 0 Å². The molecule has 0 aromatic heterocycles. The summed E-state index contributed by atoms with van der Waals surface area (Å²) < 4.78 is 5.24. The third-order valence-electron chi connectivity index (χ3n) is 4.14. The lowest BCUT2D eigenvalue weighted by molar-refractivity contribution is 0.151. The van der Waals surface area contributed by atoms with Gasteiger partial charge in [-0.2, -0.15) is 5.26 Å². The maximum absolute atomic E-state index is 10.6. The van der Waals surface area contributed by atoms with Crippen molar-refractivity contribution in [2.45, 2.75) is 26.3 Å². The SMILES string of the molecule is COc1ccc(C#N)c([C@H](CC(C)C)N2CCNCC2)c1O.Cl.Cl. The first kappa shape index (κ1) is 22.8. The van der Waals surface area contributed by atoms with E-state index in [2.05, 4.69) is 30.1 Å². The van der Waals surface area contributed by atoms with Gasteiger partial charge in [-0.15, -0.1) is 24.8 Å². The number of phenolic OH excluding ortho intramolecular Hbond substituents is 1. The minimum absolute atomic E-state index is 0. The molecule has 2 rings (SSSR count). The predicted octanol–water partition coefficient (Wildman–Crippen LogP) is 3.11. The van der Waals surface area contributed by atoms with Gasteiger partial charge < -0.3 is 15.2 Å². The van der Waals surface area contributed by atoms with Crippen LogP contribution in [0.1, 0.15) is 37.4 Å². The van der Waals surface area contributed by atoms with Gasteiger partial charge in [-0.3, -0.25) is 4.90 Å². The van der Waals surface area contributed by atoms with Gasteiger partial charge in [-0.25, -0.2) is 0 Å². The van der Waals surface area contributed by atoms with Gasteiger partial charge in [0.1, 0.15) is 0 Å². The van der Waals surface area contributed by atoms with E-state index < -0.39 is 0 Å². The largest absolute Gasteiger partial charge is 0.504 e. The number of nitrogens with zero attached hydrogens (tertiary/aromatic N) is 2. The number of ether oxygens (including phenoxy) is 1. The van der Waals surface area contributed by atoms with Crippen molar-refractivity contribution < 1.29 is 9.84 Å². The first-order valence-corrected chi connectivity index (χ1v) is 7.83. The minimum atomic E-state index is 0. The number of aromatic hydroxyl groups is 1. The molecule has 0 amide bonds. The molecule has 0 spiro atoms. The van der Waals surface area contributed by atoms with Gasteiger partial charge in [-0.05, 0) is 24.5 Å². The normalized spacial score (nSPS) is 15.8. The average Bonchev–Trinajstić information content (AvgIpc) is 2.53. The quantitative estimate of drug-likeness (QED) is 0.827. The maximum atomic E-state index is 10.6. The van der Waals surface area contributed by atoms with Crippen LogP contribution in [-0.2, 0) is 0 Å². The Bertz CT molecular complexity index is 556. The molecule has 1 atom stereocenters. The molecule has 0 aliphatic carbocycles. The van der Waals surface area contributed by atoms with E-state index in [4.69, 9.17) is 4.74 Å². The summed E-state index contributed by atoms with van der Waals surface area (Å²) in [6.45, 7) is 8.02. The molecule has 1 aliphatic heterocycles. The lowest BCUT2D eigenvalue weighted by atomic mass is 9.91. The zero-order valence-corrected chi connectivity index (χ0v) is 16.0. The Labute approximate surface area is 156 Å². The lowest BCUT2D eigenvalue weighted by Crippen LogP contribution is -2.45. The molecule has 7 heteroatoms. The molecule has 1 aliphatic rings. The molecular formula is C17H27Cl2N3O2. The summed E-state index contributed by atoms with van der Waals surface area (Å²) in [5, 5.41) is 23.4. The number of benzene rings is 1. The molecule has 0 unspecified atom stereocenters. The fraction of sp³-hybridized carbons (Fsp3) is 0.588. The summed E-state index contributed by atoms with van der Waals surface area (Å²) in [4.78, 5) is 2.35. The van der Waals surface area contributed by atoms with Crippen molar-refractivity contribution in [2.75, 3.05) is 33.3 Å². The molecule has 0 bridgehead atoms. The van der Waals surface area contributed by atoms with E-state index >= 15 is 0 Å². The Hall–Kier alpha value is -1.19. The van der Waals surface area contributed by atoms with Gasteiger partial charge in [0.25, 0.3) is 0 Å². The Kier molecular flexibility index (Phi) is 10.1. The van der Waals surface area contributed by atoms with Crippen LogP contribution in [0.4, 0.5) is 0 Å². The summed E-state index contributed by atoms with van der Waals surface area (Å²) >= 11 is 0. The van der Waals surface area contributed by atoms with Crippen LogP contribution in [0.5, 0.6) is 11.5 Å². The fourth-order valence-electron chi connectivity index (χ4n) is 3.08. The van der Waals surface area contributed by atoms with E-state index in [1.165, 1.54) is 7.11 Å². The van der Waals surface area contributed by atoms with Crippen LogP contribution in [-0.4, -0.2) is 43.3 Å². The lowest BCUT2D eigenvalue weighted by Gasteiger charge is -2.37. The number of nitriles is 1. The van der Waals surface area contributed by atoms with E-state index in [1.54, 1.807) is 12.1 Å². The van der Waals surface area contributed by atoms with Gasteiger partial charge in [0.15, 0.2) is 11.5 Å². The fourth-order valence-corrected chi connectivity index (χ4v) is 3.08. The number of halogens is 2. The van der Waals surface area contributed by atoms with Crippen molar-refractivity contribution in [1.82, 2.24) is 10.2 Å². The molecule has 1 saturated heterocycles. The van der Waals surface area contributed by atoms with Gasteiger partial charge in [-0.1, -0.05) is 13.8 Å². The van der Waals surface area contributed by atoms with E-state index in [0.717, 1.165) is 32.6 Å². The van der Waals surface area contributed by atoms with Crippen LogP contribution in [0, 0.1) is 17.2 Å². The minimum Gasteiger partial charge on any atom is -0.504 e. The Morgan fingerprint density at radius 3 is 2.42 bits per heavy atom. The summed E-state index contributed by atoms with van der Waals surface area (Å²) in [7, 11) is 1.53. The zero-order valence-electron chi connectivity index (χ0n) is 14.4. The number of hydrogen-bond donors (Lipinski definition) is 2. The maximum Gasteiger partial charge on any atom is 0.163 e. The van der Waals surface area contributed by atoms with Crippen LogP contribution in [0.15, 0.2) is 12.1 Å². The highest BCUT2D eigenvalue weighted by atomic mass is 35.5. The highest BCUT2D eigenvalue weighted by molar-refractivity contribution is 5.85. The first-order chi connectivity index (χ1) is 10.6. The molecule has 1 aromatic carbocycles. The average molecular weight is 376 g/mol. The van der Waals surface area contributed by atoms with Crippen LogP contribution in [0.25, 0.3) is 0 Å². The van der Waals surface area contributed by atoms with Crippen molar-refractivity contribution in [3.8, 4) is 17.6 Å². The zero-order chi connectivity index (χ0) is 16.1. The smallest absolute Gasteiger partial charge is 0.163 e. The molecule has 136 valence electrons. The highest BCUT2D eigenvalue weighted by Gasteiger charge is 2.29. The van der Waals surface area contributed by atoms with Crippen molar-refractivity contribution in [1.29, 1.82) is 5.26 Å². The van der Waals surface area contributed by atoms with Crippen LogP contribution in [0.3, 0.4) is 0 Å². The summed E-state index contributed by atoms with van der Waals surface area (Å²) in [6, 6.07) is 5.65. The molecule has 0 saturated carbocycles. The van der Waals surface area contributed by atoms with Gasteiger partial charge in [0.05, 0.1) is 18.7 Å². The molecular weight excluding hydrogens is 349 g/mol. The second-order valence-electron chi connectivity index (χ2n) is 6.12. The topological polar surface area (TPSA) is 68.5 Å². The van der Waals surface area contributed by atoms with Crippen molar-refractivity contribution in [3.05, 3.63) is 23.3 Å². The Balaban J connectivity index is 0.00000264. The van der Waals surface area contributed by atoms with Crippen molar-refractivity contribution in [3.63, 3.8) is 0 Å². The van der Waals surface area contributed by atoms with Crippen molar-refractivity contribution >= 4 is 24.8 Å². The highest BCUT2D eigenvalue weighted by Crippen LogP contribution is 2.41. The van der Waals surface area contributed by atoms with Crippen molar-refractivity contribution in [2.24, 2.45) is 5.92 Å². The number of hydrogen-bond acceptors (Lipinski definition) is 5. The number of methoxy groups -OCH3 is 1. The second-order valence-corrected chi connectivity index (χ2v) is 6.12. The van der Waals surface area contributed by atoms with E-state index in [1.807, 2.05) is 0 Å². The number of rotatable bonds is 5. The number of piperazine rings is 1.